The Labute approximate surface area is 116 Å². The lowest BCUT2D eigenvalue weighted by atomic mass is 10.2. The second-order valence-corrected chi connectivity index (χ2v) is 4.58. The number of halogens is 2. The van der Waals surface area contributed by atoms with Crippen LogP contribution < -0.4 is 4.74 Å². The molecule has 0 aliphatic heterocycles. The van der Waals surface area contributed by atoms with E-state index in [9.17, 15) is 0 Å². The summed E-state index contributed by atoms with van der Waals surface area (Å²) in [5.74, 6) is 1.17. The minimum absolute atomic E-state index is 0.424. The van der Waals surface area contributed by atoms with Gasteiger partial charge in [0.1, 0.15) is 17.2 Å². The van der Waals surface area contributed by atoms with Gasteiger partial charge in [0.05, 0.1) is 5.56 Å². The summed E-state index contributed by atoms with van der Waals surface area (Å²) in [5, 5.41) is 1.13. The Morgan fingerprint density at radius 2 is 2.00 bits per heavy atom. The van der Waals surface area contributed by atoms with Crippen LogP contribution in [0, 0.1) is 6.92 Å². The molecule has 1 heterocycles. The summed E-state index contributed by atoms with van der Waals surface area (Å²) in [5.41, 5.74) is 1.75. The van der Waals surface area contributed by atoms with E-state index in [1.165, 1.54) is 6.33 Å². The largest absolute Gasteiger partial charge is 0.439 e. The first-order chi connectivity index (χ1) is 8.61. The Morgan fingerprint density at radius 3 is 2.67 bits per heavy atom. The van der Waals surface area contributed by atoms with Crippen LogP contribution in [0.3, 0.4) is 0 Å². The Kier molecular flexibility index (Phi) is 4.04. The van der Waals surface area contributed by atoms with Crippen molar-refractivity contribution in [3.05, 3.63) is 45.8 Å². The summed E-state index contributed by atoms with van der Waals surface area (Å²) in [6.45, 7) is 3.90. The average Bonchev–Trinajstić information content (AvgIpc) is 2.34. The average molecular weight is 283 g/mol. The molecule has 0 radical (unpaired) electrons. The number of ether oxygens (including phenoxy) is 1. The SMILES string of the molecule is CCc1c(Cl)ncnc1Oc1ccc(Cl)c(C)c1. The first kappa shape index (κ1) is 13.1. The fraction of sp³-hybridized carbons (Fsp3) is 0.231. The molecule has 0 unspecified atom stereocenters. The number of aryl methyl sites for hydroxylation is 1. The molecule has 0 amide bonds. The van der Waals surface area contributed by atoms with Crippen molar-refractivity contribution >= 4 is 23.2 Å². The number of benzene rings is 1. The van der Waals surface area contributed by atoms with Crippen molar-refractivity contribution < 1.29 is 4.74 Å². The van der Waals surface area contributed by atoms with Gasteiger partial charge in [-0.3, -0.25) is 0 Å². The summed E-state index contributed by atoms with van der Waals surface area (Å²) >= 11 is 12.0. The van der Waals surface area contributed by atoms with Crippen molar-refractivity contribution in [2.75, 3.05) is 0 Å². The van der Waals surface area contributed by atoms with Crippen LogP contribution in [0.2, 0.25) is 10.2 Å². The predicted octanol–water partition coefficient (Wildman–Crippen LogP) is 4.45. The third kappa shape index (κ3) is 2.74. The minimum atomic E-state index is 0.424. The lowest BCUT2D eigenvalue weighted by Gasteiger charge is -2.10. The van der Waals surface area contributed by atoms with Crippen LogP contribution in [0.1, 0.15) is 18.1 Å². The van der Waals surface area contributed by atoms with Crippen molar-refractivity contribution in [2.45, 2.75) is 20.3 Å². The third-order valence-electron chi connectivity index (χ3n) is 2.55. The molecule has 1 aromatic carbocycles. The molecule has 0 fully saturated rings. The van der Waals surface area contributed by atoms with Gasteiger partial charge in [-0.1, -0.05) is 30.1 Å². The van der Waals surface area contributed by atoms with Crippen molar-refractivity contribution in [2.24, 2.45) is 0 Å². The number of rotatable bonds is 3. The highest BCUT2D eigenvalue weighted by Crippen LogP contribution is 2.29. The van der Waals surface area contributed by atoms with E-state index < -0.39 is 0 Å². The lowest BCUT2D eigenvalue weighted by molar-refractivity contribution is 0.455. The number of hydrogen-bond acceptors (Lipinski definition) is 3. The molecule has 0 saturated carbocycles. The summed E-state index contributed by atoms with van der Waals surface area (Å²) < 4.78 is 5.72. The molecule has 0 N–H and O–H groups in total. The first-order valence-electron chi connectivity index (χ1n) is 5.55. The third-order valence-corrected chi connectivity index (χ3v) is 3.30. The van der Waals surface area contributed by atoms with Gasteiger partial charge in [0.25, 0.3) is 0 Å². The van der Waals surface area contributed by atoms with Crippen molar-refractivity contribution in [3.8, 4) is 11.6 Å². The fourth-order valence-electron chi connectivity index (χ4n) is 1.55. The molecule has 1 aromatic heterocycles. The quantitative estimate of drug-likeness (QED) is 0.781. The van der Waals surface area contributed by atoms with Crippen molar-refractivity contribution in [1.29, 1.82) is 0 Å². The molecular weight excluding hydrogens is 271 g/mol. The van der Waals surface area contributed by atoms with Gasteiger partial charge in [-0.25, -0.2) is 9.97 Å². The van der Waals surface area contributed by atoms with Crippen LogP contribution in [0.4, 0.5) is 0 Å². The minimum Gasteiger partial charge on any atom is -0.439 e. The van der Waals surface area contributed by atoms with E-state index in [1.807, 2.05) is 19.9 Å². The fourth-order valence-corrected chi connectivity index (χ4v) is 1.93. The molecule has 0 spiro atoms. The Bertz CT molecular complexity index is 573. The smallest absolute Gasteiger partial charge is 0.226 e. The number of hydrogen-bond donors (Lipinski definition) is 0. The van der Waals surface area contributed by atoms with Gasteiger partial charge in [-0.05, 0) is 37.1 Å². The van der Waals surface area contributed by atoms with Gasteiger partial charge in [0.15, 0.2) is 0 Å². The summed E-state index contributed by atoms with van der Waals surface area (Å²) in [6, 6.07) is 5.45. The molecule has 0 atom stereocenters. The van der Waals surface area contributed by atoms with Crippen LogP contribution in [0.5, 0.6) is 11.6 Å². The topological polar surface area (TPSA) is 35.0 Å². The van der Waals surface area contributed by atoms with Gasteiger partial charge in [0, 0.05) is 5.02 Å². The number of nitrogens with zero attached hydrogens (tertiary/aromatic N) is 2. The molecule has 0 aliphatic carbocycles. The van der Waals surface area contributed by atoms with E-state index in [1.54, 1.807) is 12.1 Å². The molecule has 18 heavy (non-hydrogen) atoms. The highest BCUT2D eigenvalue weighted by molar-refractivity contribution is 6.31. The van der Waals surface area contributed by atoms with Crippen LogP contribution in [0.15, 0.2) is 24.5 Å². The normalized spacial score (nSPS) is 10.4. The van der Waals surface area contributed by atoms with E-state index in [2.05, 4.69) is 9.97 Å². The molecule has 0 saturated heterocycles. The second kappa shape index (κ2) is 5.55. The highest BCUT2D eigenvalue weighted by atomic mass is 35.5. The first-order valence-corrected chi connectivity index (χ1v) is 6.30. The summed E-state index contributed by atoms with van der Waals surface area (Å²) in [6.07, 6.45) is 2.10. The Balaban J connectivity index is 2.34. The van der Waals surface area contributed by atoms with Gasteiger partial charge < -0.3 is 4.74 Å². The van der Waals surface area contributed by atoms with E-state index in [0.717, 1.165) is 11.1 Å². The van der Waals surface area contributed by atoms with Gasteiger partial charge in [0.2, 0.25) is 5.88 Å². The molecular formula is C13H12Cl2N2O. The standard InChI is InChI=1S/C13H12Cl2N2O/c1-3-10-12(15)16-7-17-13(10)18-9-4-5-11(14)8(2)6-9/h4-7H,3H2,1-2H3. The lowest BCUT2D eigenvalue weighted by Crippen LogP contribution is -1.96. The zero-order valence-corrected chi connectivity index (χ0v) is 11.6. The van der Waals surface area contributed by atoms with Crippen LogP contribution in [0.25, 0.3) is 0 Å². The van der Waals surface area contributed by atoms with E-state index >= 15 is 0 Å². The number of aromatic nitrogens is 2. The highest BCUT2D eigenvalue weighted by Gasteiger charge is 2.10. The zero-order valence-electron chi connectivity index (χ0n) is 10.1. The predicted molar refractivity (Wildman–Crippen MR) is 72.7 cm³/mol. The molecule has 2 rings (SSSR count). The molecule has 0 aliphatic rings. The maximum Gasteiger partial charge on any atom is 0.226 e. The van der Waals surface area contributed by atoms with Gasteiger partial charge in [-0.2, -0.15) is 0 Å². The Hall–Kier alpha value is -1.32. The monoisotopic (exact) mass is 282 g/mol. The van der Waals surface area contributed by atoms with Gasteiger partial charge in [-0.15, -0.1) is 0 Å². The zero-order chi connectivity index (χ0) is 13.1. The van der Waals surface area contributed by atoms with Crippen molar-refractivity contribution in [1.82, 2.24) is 9.97 Å². The molecule has 3 nitrogen and oxygen atoms in total. The molecule has 0 bridgehead atoms. The summed E-state index contributed by atoms with van der Waals surface area (Å²) in [7, 11) is 0. The Morgan fingerprint density at radius 1 is 1.22 bits per heavy atom. The van der Waals surface area contributed by atoms with Crippen LogP contribution in [-0.4, -0.2) is 9.97 Å². The van der Waals surface area contributed by atoms with Crippen LogP contribution in [-0.2, 0) is 6.42 Å². The second-order valence-electron chi connectivity index (χ2n) is 3.81. The molecule has 5 heteroatoms. The maximum absolute atomic E-state index is 6.00. The van der Waals surface area contributed by atoms with E-state index in [4.69, 9.17) is 27.9 Å². The molecule has 2 aromatic rings. The van der Waals surface area contributed by atoms with Crippen LogP contribution >= 0.6 is 23.2 Å². The summed E-state index contributed by atoms with van der Waals surface area (Å²) in [4.78, 5) is 8.04. The maximum atomic E-state index is 6.00. The van der Waals surface area contributed by atoms with Crippen molar-refractivity contribution in [3.63, 3.8) is 0 Å². The van der Waals surface area contributed by atoms with E-state index in [0.29, 0.717) is 28.2 Å². The van der Waals surface area contributed by atoms with Gasteiger partial charge >= 0.3 is 0 Å². The molecule has 94 valence electrons. The van der Waals surface area contributed by atoms with E-state index in [-0.39, 0.29) is 0 Å².